The number of nitrogens with zero attached hydrogens (tertiary/aromatic N) is 2. The number of hydrogen-bond donors (Lipinski definition) is 1. The van der Waals surface area contributed by atoms with Gasteiger partial charge in [0, 0.05) is 25.0 Å². The van der Waals surface area contributed by atoms with Crippen LogP contribution >= 0.6 is 11.6 Å². The normalized spacial score (nSPS) is 12.0. The largest absolute Gasteiger partial charge is 0.357 e. The molecule has 0 heterocycles. The maximum Gasteiger partial charge on any atom is 0.244 e. The second-order valence-corrected chi connectivity index (χ2v) is 10.5. The Morgan fingerprint density at radius 1 is 0.972 bits per heavy atom. The molecule has 3 aromatic carbocycles. The highest BCUT2D eigenvalue weighted by Gasteiger charge is 2.33. The van der Waals surface area contributed by atoms with Crippen LogP contribution in [0, 0.1) is 5.82 Å². The molecule has 0 saturated carbocycles. The summed E-state index contributed by atoms with van der Waals surface area (Å²) >= 11 is 6.14. The molecule has 0 aliphatic rings. The maximum absolute atomic E-state index is 14.5. The van der Waals surface area contributed by atoms with Crippen molar-refractivity contribution in [1.29, 1.82) is 0 Å². The Hall–Kier alpha value is -3.43. The van der Waals surface area contributed by atoms with Crippen molar-refractivity contribution in [2.75, 3.05) is 24.2 Å². The van der Waals surface area contributed by atoms with E-state index in [-0.39, 0.29) is 18.7 Å². The average Bonchev–Trinajstić information content (AvgIpc) is 2.84. The van der Waals surface area contributed by atoms with Gasteiger partial charge in [0.25, 0.3) is 0 Å². The molecule has 0 fully saturated rings. The molecule has 0 unspecified atom stereocenters. The molecule has 190 valence electrons. The quantitative estimate of drug-likeness (QED) is 0.433. The van der Waals surface area contributed by atoms with E-state index >= 15 is 0 Å². The fraction of sp³-hybridized carbons (Fsp3) is 0.231. The van der Waals surface area contributed by atoms with Gasteiger partial charge in [-0.25, -0.2) is 12.8 Å². The number of nitrogens with one attached hydrogen (secondary N) is 1. The third-order valence-electron chi connectivity index (χ3n) is 5.56. The molecule has 1 N–H and O–H groups in total. The summed E-state index contributed by atoms with van der Waals surface area (Å²) in [5, 5.41) is 3.04. The van der Waals surface area contributed by atoms with Crippen molar-refractivity contribution in [3.63, 3.8) is 0 Å². The van der Waals surface area contributed by atoms with Crippen LogP contribution in [0.2, 0.25) is 5.02 Å². The van der Waals surface area contributed by atoms with Gasteiger partial charge < -0.3 is 10.2 Å². The van der Waals surface area contributed by atoms with Crippen LogP contribution in [0.3, 0.4) is 0 Å². The lowest BCUT2D eigenvalue weighted by molar-refractivity contribution is -0.139. The molecule has 0 radical (unpaired) electrons. The van der Waals surface area contributed by atoms with Crippen LogP contribution in [-0.4, -0.2) is 51.0 Å². The molecule has 0 saturated heterocycles. The second-order valence-electron chi connectivity index (χ2n) is 8.19. The summed E-state index contributed by atoms with van der Waals surface area (Å²) in [5.74, 6) is -1.89. The number of carbonyl (C=O) groups excluding carboxylic acids is 2. The molecular weight excluding hydrogens is 505 g/mol. The van der Waals surface area contributed by atoms with Crippen molar-refractivity contribution in [3.05, 3.63) is 101 Å². The SMILES string of the molecule is CNC(=O)[C@H](Cc1ccccc1)N(Cc1cccc(Cl)c1)C(=O)CN(c1ccccc1F)S(C)(=O)=O. The van der Waals surface area contributed by atoms with Gasteiger partial charge in [-0.1, -0.05) is 66.2 Å². The second kappa shape index (κ2) is 12.0. The molecule has 36 heavy (non-hydrogen) atoms. The molecular formula is C26H27ClFN3O4S. The Morgan fingerprint density at radius 2 is 1.61 bits per heavy atom. The molecule has 3 rings (SSSR count). The van der Waals surface area contributed by atoms with E-state index in [0.29, 0.717) is 14.9 Å². The number of sulfonamides is 1. The summed E-state index contributed by atoms with van der Waals surface area (Å²) in [6.07, 6.45) is 1.08. The van der Waals surface area contributed by atoms with Gasteiger partial charge >= 0.3 is 0 Å². The van der Waals surface area contributed by atoms with Gasteiger partial charge in [-0.2, -0.15) is 0 Å². The highest BCUT2D eigenvalue weighted by Crippen LogP contribution is 2.23. The number of halogens is 2. The minimum absolute atomic E-state index is 0.0147. The van der Waals surface area contributed by atoms with Gasteiger partial charge in [0.2, 0.25) is 21.8 Å². The first-order valence-electron chi connectivity index (χ1n) is 11.1. The van der Waals surface area contributed by atoms with E-state index in [2.05, 4.69) is 5.32 Å². The highest BCUT2D eigenvalue weighted by molar-refractivity contribution is 7.92. The predicted molar refractivity (Wildman–Crippen MR) is 139 cm³/mol. The number of para-hydroxylation sites is 1. The lowest BCUT2D eigenvalue weighted by atomic mass is 10.0. The van der Waals surface area contributed by atoms with E-state index in [1.54, 1.807) is 24.3 Å². The molecule has 0 aliphatic carbocycles. The monoisotopic (exact) mass is 531 g/mol. The summed E-state index contributed by atoms with van der Waals surface area (Å²) in [6, 6.07) is 20.3. The summed E-state index contributed by atoms with van der Waals surface area (Å²) in [7, 11) is -2.57. The molecule has 0 aliphatic heterocycles. The molecule has 10 heteroatoms. The molecule has 3 aromatic rings. The van der Waals surface area contributed by atoms with Crippen LogP contribution in [0.5, 0.6) is 0 Å². The van der Waals surface area contributed by atoms with Gasteiger partial charge in [-0.15, -0.1) is 0 Å². The summed E-state index contributed by atoms with van der Waals surface area (Å²) < 4.78 is 40.4. The van der Waals surface area contributed by atoms with Crippen LogP contribution in [0.15, 0.2) is 78.9 Å². The smallest absolute Gasteiger partial charge is 0.244 e. The molecule has 7 nitrogen and oxygen atoms in total. The fourth-order valence-electron chi connectivity index (χ4n) is 3.80. The maximum atomic E-state index is 14.5. The Morgan fingerprint density at radius 3 is 2.22 bits per heavy atom. The van der Waals surface area contributed by atoms with Crippen molar-refractivity contribution >= 4 is 39.1 Å². The minimum Gasteiger partial charge on any atom is -0.357 e. The number of benzene rings is 3. The van der Waals surface area contributed by atoms with Crippen LogP contribution in [0.4, 0.5) is 10.1 Å². The van der Waals surface area contributed by atoms with Gasteiger partial charge in [0.15, 0.2) is 0 Å². The van der Waals surface area contributed by atoms with Crippen LogP contribution in [0.1, 0.15) is 11.1 Å². The van der Waals surface area contributed by atoms with Crippen molar-refractivity contribution in [2.45, 2.75) is 19.0 Å². The van der Waals surface area contributed by atoms with E-state index in [4.69, 9.17) is 11.6 Å². The zero-order chi connectivity index (χ0) is 26.3. The van der Waals surface area contributed by atoms with Crippen molar-refractivity contribution in [2.24, 2.45) is 0 Å². The fourth-order valence-corrected chi connectivity index (χ4v) is 4.86. The van der Waals surface area contributed by atoms with Crippen molar-refractivity contribution in [3.8, 4) is 0 Å². The standard InChI is InChI=1S/C26H27ClFN3O4S/c1-29-26(33)24(16-19-9-4-3-5-10-19)30(17-20-11-8-12-21(27)15-20)25(32)18-31(36(2,34)35)23-14-7-6-13-22(23)28/h3-15,24H,16-18H2,1-2H3,(H,29,33)/t24-/m0/s1. The first-order valence-corrected chi connectivity index (χ1v) is 13.3. The topological polar surface area (TPSA) is 86.8 Å². The Labute approximate surface area is 215 Å². The van der Waals surface area contributed by atoms with Gasteiger partial charge in [0.1, 0.15) is 18.4 Å². The van der Waals surface area contributed by atoms with E-state index in [1.807, 2.05) is 30.3 Å². The number of rotatable bonds is 10. The zero-order valence-corrected chi connectivity index (χ0v) is 21.5. The average molecular weight is 532 g/mol. The lowest BCUT2D eigenvalue weighted by Gasteiger charge is -2.33. The van der Waals surface area contributed by atoms with Crippen LogP contribution in [0.25, 0.3) is 0 Å². The van der Waals surface area contributed by atoms with Crippen molar-refractivity contribution in [1.82, 2.24) is 10.2 Å². The predicted octanol–water partition coefficient (Wildman–Crippen LogP) is 3.63. The van der Waals surface area contributed by atoms with Crippen LogP contribution in [-0.2, 0) is 32.6 Å². The van der Waals surface area contributed by atoms with Gasteiger partial charge in [0.05, 0.1) is 11.9 Å². The Bertz CT molecular complexity index is 1320. The Kier molecular flexibility index (Phi) is 9.06. The molecule has 2 amide bonds. The van der Waals surface area contributed by atoms with E-state index in [0.717, 1.165) is 17.9 Å². The number of hydrogen-bond acceptors (Lipinski definition) is 4. The van der Waals surface area contributed by atoms with E-state index in [9.17, 15) is 22.4 Å². The minimum atomic E-state index is -4.03. The third kappa shape index (κ3) is 7.05. The van der Waals surface area contributed by atoms with E-state index in [1.165, 1.54) is 30.1 Å². The number of likely N-dealkylation sites (N-methyl/N-ethyl adjacent to an activating group) is 1. The first kappa shape index (κ1) is 27.2. The molecule has 0 spiro atoms. The van der Waals surface area contributed by atoms with Gasteiger partial charge in [-0.05, 0) is 35.4 Å². The number of carbonyl (C=O) groups is 2. The van der Waals surface area contributed by atoms with E-state index < -0.39 is 40.2 Å². The number of anilines is 1. The van der Waals surface area contributed by atoms with Crippen LogP contribution < -0.4 is 9.62 Å². The summed E-state index contributed by atoms with van der Waals surface area (Å²) in [4.78, 5) is 28.0. The molecule has 0 bridgehead atoms. The number of amides is 2. The van der Waals surface area contributed by atoms with Crippen molar-refractivity contribution < 1.29 is 22.4 Å². The highest BCUT2D eigenvalue weighted by atomic mass is 35.5. The van der Waals surface area contributed by atoms with Gasteiger partial charge in [-0.3, -0.25) is 13.9 Å². The first-order chi connectivity index (χ1) is 17.1. The lowest BCUT2D eigenvalue weighted by Crippen LogP contribution is -2.53. The molecule has 1 atom stereocenters. The summed E-state index contributed by atoms with van der Waals surface area (Å²) in [5.41, 5.74) is 1.20. The Balaban J connectivity index is 2.04. The zero-order valence-electron chi connectivity index (χ0n) is 19.9. The molecule has 0 aromatic heterocycles. The summed E-state index contributed by atoms with van der Waals surface area (Å²) in [6.45, 7) is -0.707. The third-order valence-corrected chi connectivity index (χ3v) is 6.92.